The number of halogens is 2. The fourth-order valence-corrected chi connectivity index (χ4v) is 5.07. The van der Waals surface area contributed by atoms with Gasteiger partial charge in [-0.1, -0.05) is 45.7 Å². The van der Waals surface area contributed by atoms with E-state index in [-0.39, 0.29) is 35.2 Å². The molecule has 0 unspecified atom stereocenters. The Balaban J connectivity index is 2.09. The summed E-state index contributed by atoms with van der Waals surface area (Å²) in [7, 11) is 0. The lowest BCUT2D eigenvalue weighted by atomic mass is 9.98. The minimum atomic E-state index is -0.503. The Morgan fingerprint density at radius 3 is 1.50 bits per heavy atom. The predicted octanol–water partition coefficient (Wildman–Crippen LogP) is 1.94. The Kier molecular flexibility index (Phi) is 1.49. The van der Waals surface area contributed by atoms with Crippen molar-refractivity contribution in [3.8, 4) is 0 Å². The van der Waals surface area contributed by atoms with Crippen LogP contribution in [0, 0.1) is 23.7 Å². The summed E-state index contributed by atoms with van der Waals surface area (Å²) in [6.45, 7) is 3.95. The van der Waals surface area contributed by atoms with E-state index in [0.29, 0.717) is 0 Å². The Bertz CT molecular complexity index is 344. The van der Waals surface area contributed by atoms with E-state index in [1.807, 2.05) is 13.8 Å². The fourth-order valence-electron chi connectivity index (χ4n) is 3.11. The van der Waals surface area contributed by atoms with Crippen LogP contribution in [0.25, 0.3) is 0 Å². The predicted molar refractivity (Wildman–Crippen MR) is 58.6 cm³/mol. The molecule has 0 heterocycles. The first-order valence-electron chi connectivity index (χ1n) is 4.84. The fraction of sp³-hybridized carbons (Fsp3) is 0.800. The first-order valence-corrected chi connectivity index (χ1v) is 6.43. The quantitative estimate of drug-likeness (QED) is 0.639. The van der Waals surface area contributed by atoms with E-state index in [1.54, 1.807) is 0 Å². The van der Waals surface area contributed by atoms with Gasteiger partial charge in [-0.2, -0.15) is 0 Å². The van der Waals surface area contributed by atoms with Gasteiger partial charge in [0.2, 0.25) is 0 Å². The topological polar surface area (TPSA) is 34.1 Å². The van der Waals surface area contributed by atoms with Crippen molar-refractivity contribution >= 4 is 43.4 Å². The highest BCUT2D eigenvalue weighted by atomic mass is 79.9. The molecule has 0 bridgehead atoms. The van der Waals surface area contributed by atoms with Gasteiger partial charge in [-0.15, -0.1) is 0 Å². The van der Waals surface area contributed by atoms with Crippen LogP contribution in [0.15, 0.2) is 0 Å². The van der Waals surface area contributed by atoms with Crippen LogP contribution in [0.2, 0.25) is 0 Å². The van der Waals surface area contributed by atoms with Gasteiger partial charge in [0.15, 0.2) is 11.6 Å². The van der Waals surface area contributed by atoms with Crippen molar-refractivity contribution in [2.75, 3.05) is 0 Å². The number of ketones is 2. The summed E-state index contributed by atoms with van der Waals surface area (Å²) in [6.07, 6.45) is 0. The van der Waals surface area contributed by atoms with E-state index < -0.39 is 8.65 Å². The summed E-state index contributed by atoms with van der Waals surface area (Å²) in [5.41, 5.74) is 0. The number of hydrogen-bond acceptors (Lipinski definition) is 2. The summed E-state index contributed by atoms with van der Waals surface area (Å²) < 4.78 is -1.01. The number of rotatable bonds is 0. The molecule has 4 heteroatoms. The maximum Gasteiger partial charge on any atom is 0.155 e. The summed E-state index contributed by atoms with van der Waals surface area (Å²) in [6, 6.07) is 0. The lowest BCUT2D eigenvalue weighted by Crippen LogP contribution is -2.36. The van der Waals surface area contributed by atoms with Gasteiger partial charge in [-0.3, -0.25) is 9.59 Å². The average Bonchev–Trinajstić information content (AvgIpc) is 2.87. The molecule has 0 aliphatic heterocycles. The number of fused-ring (bicyclic) bond motifs is 2. The van der Waals surface area contributed by atoms with Crippen molar-refractivity contribution < 1.29 is 9.59 Å². The zero-order valence-corrected chi connectivity index (χ0v) is 11.1. The number of Topliss-reactive ketones (excluding diaryl/α,β-unsaturated/α-hetero) is 2. The molecule has 0 aromatic heterocycles. The summed E-state index contributed by atoms with van der Waals surface area (Å²) in [5, 5.41) is 0. The Hall–Kier alpha value is 0.300. The smallest absolute Gasteiger partial charge is 0.155 e. The van der Waals surface area contributed by atoms with Crippen molar-refractivity contribution in [1.82, 2.24) is 0 Å². The first kappa shape index (κ1) is 9.52. The molecule has 0 N–H and O–H groups in total. The molecule has 6 atom stereocenters. The zero-order valence-electron chi connectivity index (χ0n) is 7.88. The van der Waals surface area contributed by atoms with Gasteiger partial charge in [0.25, 0.3) is 0 Å². The van der Waals surface area contributed by atoms with Crippen LogP contribution in [-0.4, -0.2) is 20.2 Å². The maximum absolute atomic E-state index is 12.1. The van der Waals surface area contributed by atoms with Crippen LogP contribution in [0.3, 0.4) is 0 Å². The SMILES string of the molecule is C[C@@H]1[C@H]2C(=O)[C@]3(Br)[C@@H](C)[C@@H]3C(=O)[C@@]12Br. The highest BCUT2D eigenvalue weighted by Crippen LogP contribution is 2.74. The third-order valence-corrected chi connectivity index (χ3v) is 7.54. The standard InChI is InChI=1S/C10H10Br2O2/c1-3-5-7(13)10(12)4(2)6(10)8(14)9(3,5)11/h3-6H,1-2H3/t3-,4+,5+,6-,9-,10+. The maximum atomic E-state index is 12.1. The molecule has 0 amide bonds. The minimum absolute atomic E-state index is 0.0874. The van der Waals surface area contributed by atoms with E-state index in [1.165, 1.54) is 0 Å². The van der Waals surface area contributed by atoms with Gasteiger partial charge < -0.3 is 0 Å². The second kappa shape index (κ2) is 2.19. The molecular weight excluding hydrogens is 312 g/mol. The molecule has 3 fully saturated rings. The number of carbonyl (C=O) groups is 2. The number of carbonyl (C=O) groups excluding carboxylic acids is 2. The Morgan fingerprint density at radius 2 is 1.21 bits per heavy atom. The average molecular weight is 322 g/mol. The third kappa shape index (κ3) is 0.673. The molecule has 0 radical (unpaired) electrons. The highest BCUT2D eigenvalue weighted by Gasteiger charge is 2.85. The van der Waals surface area contributed by atoms with Gasteiger partial charge in [-0.05, 0) is 11.8 Å². The second-order valence-electron chi connectivity index (χ2n) is 4.80. The minimum Gasteiger partial charge on any atom is -0.298 e. The first-order chi connectivity index (χ1) is 6.37. The Labute approximate surface area is 99.1 Å². The van der Waals surface area contributed by atoms with Crippen LogP contribution in [0.1, 0.15) is 13.8 Å². The molecule has 0 spiro atoms. The molecule has 76 valence electrons. The van der Waals surface area contributed by atoms with Gasteiger partial charge in [0.1, 0.15) is 0 Å². The van der Waals surface area contributed by atoms with Crippen LogP contribution in [0.5, 0.6) is 0 Å². The van der Waals surface area contributed by atoms with Crippen LogP contribution in [-0.2, 0) is 9.59 Å². The van der Waals surface area contributed by atoms with E-state index in [2.05, 4.69) is 31.9 Å². The van der Waals surface area contributed by atoms with Crippen LogP contribution in [0.4, 0.5) is 0 Å². The van der Waals surface area contributed by atoms with E-state index >= 15 is 0 Å². The number of alkyl halides is 2. The Morgan fingerprint density at radius 1 is 0.929 bits per heavy atom. The highest BCUT2D eigenvalue weighted by molar-refractivity contribution is 9.11. The van der Waals surface area contributed by atoms with Gasteiger partial charge in [0.05, 0.1) is 8.65 Å². The molecule has 0 saturated heterocycles. The summed E-state index contributed by atoms with van der Waals surface area (Å²) in [4.78, 5) is 24.1. The van der Waals surface area contributed by atoms with Crippen LogP contribution >= 0.6 is 31.9 Å². The molecule has 0 aromatic rings. The molecule has 3 rings (SSSR count). The summed E-state index contributed by atoms with van der Waals surface area (Å²) >= 11 is 6.93. The third-order valence-electron chi connectivity index (χ3n) is 4.33. The largest absolute Gasteiger partial charge is 0.298 e. The van der Waals surface area contributed by atoms with Gasteiger partial charge in [0, 0.05) is 11.8 Å². The van der Waals surface area contributed by atoms with Crippen LogP contribution < -0.4 is 0 Å². The van der Waals surface area contributed by atoms with E-state index in [9.17, 15) is 9.59 Å². The molecular formula is C10H10Br2O2. The lowest BCUT2D eigenvalue weighted by Gasteiger charge is -2.16. The van der Waals surface area contributed by atoms with E-state index in [4.69, 9.17) is 0 Å². The molecule has 14 heavy (non-hydrogen) atoms. The molecule has 3 saturated carbocycles. The van der Waals surface area contributed by atoms with Crippen molar-refractivity contribution in [2.24, 2.45) is 23.7 Å². The summed E-state index contributed by atoms with van der Waals surface area (Å²) in [5.74, 6) is 0.651. The van der Waals surface area contributed by atoms with Crippen molar-refractivity contribution in [1.29, 1.82) is 0 Å². The van der Waals surface area contributed by atoms with E-state index in [0.717, 1.165) is 0 Å². The molecule has 2 nitrogen and oxygen atoms in total. The molecule has 3 aliphatic rings. The zero-order chi connectivity index (χ0) is 10.5. The van der Waals surface area contributed by atoms with Crippen molar-refractivity contribution in [3.63, 3.8) is 0 Å². The monoisotopic (exact) mass is 320 g/mol. The molecule has 3 aliphatic carbocycles. The second-order valence-corrected chi connectivity index (χ2v) is 7.42. The van der Waals surface area contributed by atoms with Gasteiger partial charge >= 0.3 is 0 Å². The van der Waals surface area contributed by atoms with Crippen molar-refractivity contribution in [2.45, 2.75) is 22.5 Å². The number of hydrogen-bond donors (Lipinski definition) is 0. The molecule has 0 aromatic carbocycles. The van der Waals surface area contributed by atoms with Crippen molar-refractivity contribution in [3.05, 3.63) is 0 Å². The normalized spacial score (nSPS) is 64.6. The van der Waals surface area contributed by atoms with Gasteiger partial charge in [-0.25, -0.2) is 0 Å². The lowest BCUT2D eigenvalue weighted by molar-refractivity contribution is -0.128.